The van der Waals surface area contributed by atoms with Crippen LogP contribution in [0.15, 0.2) is 65.8 Å². The molecule has 2 heterocycles. The quantitative estimate of drug-likeness (QED) is 0.240. The molecule has 2 aromatic rings. The number of rotatable bonds is 5. The van der Waals surface area contributed by atoms with Gasteiger partial charge in [0.05, 0.1) is 6.42 Å². The van der Waals surface area contributed by atoms with E-state index in [4.69, 9.17) is 16.3 Å². The Balaban J connectivity index is 1.77. The van der Waals surface area contributed by atoms with E-state index in [0.29, 0.717) is 11.1 Å². The van der Waals surface area contributed by atoms with Crippen molar-refractivity contribution in [3.8, 4) is 0 Å². The number of oxime groups is 1. The Labute approximate surface area is 184 Å². The third kappa shape index (κ3) is 3.11. The second kappa shape index (κ2) is 7.65. The smallest absolute Gasteiger partial charge is 0.331 e. The number of β-lactam (4-membered cyclic amide) rings is 1. The number of halogens is 1. The van der Waals surface area contributed by atoms with E-state index >= 15 is 0 Å². The lowest BCUT2D eigenvalue weighted by Crippen LogP contribution is -2.59. The Morgan fingerprint density at radius 2 is 1.68 bits per heavy atom. The monoisotopic (exact) mass is 462 g/mol. The summed E-state index contributed by atoms with van der Waals surface area (Å²) in [6.45, 7) is 1.17. The molecule has 162 valence electrons. The van der Waals surface area contributed by atoms with Crippen LogP contribution in [0.3, 0.4) is 0 Å². The zero-order chi connectivity index (χ0) is 22.4. The van der Waals surface area contributed by atoms with Gasteiger partial charge in [-0.3, -0.25) is 4.79 Å². The molecule has 2 aromatic carbocycles. The highest BCUT2D eigenvalue weighted by molar-refractivity contribution is 7.95. The summed E-state index contributed by atoms with van der Waals surface area (Å²) in [6.07, 6.45) is -1.11. The van der Waals surface area contributed by atoms with E-state index in [0.717, 1.165) is 4.90 Å². The third-order valence-corrected chi connectivity index (χ3v) is 9.15. The van der Waals surface area contributed by atoms with Gasteiger partial charge in [-0.05, 0) is 18.1 Å². The van der Waals surface area contributed by atoms with Crippen LogP contribution in [0.5, 0.6) is 0 Å². The van der Waals surface area contributed by atoms with Gasteiger partial charge >= 0.3 is 5.97 Å². The summed E-state index contributed by atoms with van der Waals surface area (Å²) in [4.78, 5) is 26.6. The molecule has 0 radical (unpaired) electrons. The number of ether oxygens (including phenoxy) is 1. The number of carbonyl (C=O) groups excluding carboxylic acids is 2. The van der Waals surface area contributed by atoms with E-state index in [1.807, 2.05) is 12.1 Å². The van der Waals surface area contributed by atoms with Crippen molar-refractivity contribution < 1.29 is 28.0 Å². The number of hydrogen-bond acceptors (Lipinski definition) is 7. The first kappa shape index (κ1) is 21.3. The van der Waals surface area contributed by atoms with E-state index in [1.165, 1.54) is 6.92 Å². The Morgan fingerprint density at radius 3 is 2.13 bits per heavy atom. The molecule has 2 aliphatic rings. The number of fused-ring (bicyclic) bond motifs is 1. The van der Waals surface area contributed by atoms with Crippen molar-refractivity contribution in [1.82, 2.24) is 4.90 Å². The molecule has 8 nitrogen and oxygen atoms in total. The Morgan fingerprint density at radius 1 is 1.16 bits per heavy atom. The van der Waals surface area contributed by atoms with Gasteiger partial charge in [-0.1, -0.05) is 77.4 Å². The molecule has 0 saturated carbocycles. The fraction of sp³-hybridized carbons (Fsp3) is 0.286. The largest absolute Gasteiger partial charge is 0.451 e. The maximum atomic E-state index is 13.4. The summed E-state index contributed by atoms with van der Waals surface area (Å²) in [5, 5.41) is 10.2. The normalized spacial score (nSPS) is 27.0. The molecule has 0 aromatic heterocycles. The summed E-state index contributed by atoms with van der Waals surface area (Å²) in [7, 11) is -4.15. The van der Waals surface area contributed by atoms with Gasteiger partial charge in [-0.25, -0.2) is 13.2 Å². The van der Waals surface area contributed by atoms with E-state index in [2.05, 4.69) is 5.16 Å². The first-order valence-corrected chi connectivity index (χ1v) is 11.4. The Kier molecular flexibility index (Phi) is 5.26. The molecule has 31 heavy (non-hydrogen) atoms. The summed E-state index contributed by atoms with van der Waals surface area (Å²) in [6, 6.07) is 16.3. The van der Waals surface area contributed by atoms with Crippen molar-refractivity contribution in [2.24, 2.45) is 5.16 Å². The average Bonchev–Trinajstić information content (AvgIpc) is 2.93. The molecule has 2 aliphatic heterocycles. The van der Waals surface area contributed by atoms with E-state index in [1.54, 1.807) is 48.5 Å². The fourth-order valence-corrected chi connectivity index (χ4v) is 6.80. The predicted octanol–water partition coefficient (Wildman–Crippen LogP) is 2.46. The minimum atomic E-state index is -4.15. The number of esters is 1. The van der Waals surface area contributed by atoms with Crippen LogP contribution in [0.4, 0.5) is 0 Å². The maximum Gasteiger partial charge on any atom is 0.331 e. The van der Waals surface area contributed by atoms with Crippen molar-refractivity contribution in [3.05, 3.63) is 71.8 Å². The highest BCUT2D eigenvalue weighted by atomic mass is 35.5. The molecule has 4 rings (SSSR count). The summed E-state index contributed by atoms with van der Waals surface area (Å²) in [5.41, 5.74) is 1.33. The van der Waals surface area contributed by atoms with Gasteiger partial charge in [0.2, 0.25) is 5.91 Å². The number of carbonyl (C=O) groups is 2. The van der Waals surface area contributed by atoms with Crippen LogP contribution >= 0.6 is 11.6 Å². The average molecular weight is 463 g/mol. The van der Waals surface area contributed by atoms with Crippen LogP contribution in [-0.4, -0.2) is 51.7 Å². The minimum Gasteiger partial charge on any atom is -0.451 e. The standard InChI is InChI=1S/C21H19ClN2O6S/c1-21(20(22)23-27)18(24-15(25)12-16(24)31(21,28)29)19(26)30-17(13-8-4-2-5-9-13)14-10-6-3-7-11-14/h2-11,16-18,27H,12H2,1H3/b23-20-. The number of sulfone groups is 1. The lowest BCUT2D eigenvalue weighted by atomic mass is 9.96. The summed E-state index contributed by atoms with van der Waals surface area (Å²) < 4.78 is 29.8. The lowest BCUT2D eigenvalue weighted by Gasteiger charge is -2.36. The van der Waals surface area contributed by atoms with E-state index in [-0.39, 0.29) is 6.42 Å². The molecule has 10 heteroatoms. The molecule has 0 aliphatic carbocycles. The zero-order valence-corrected chi connectivity index (χ0v) is 18.0. The maximum absolute atomic E-state index is 13.4. The molecule has 0 spiro atoms. The van der Waals surface area contributed by atoms with E-state index in [9.17, 15) is 23.2 Å². The topological polar surface area (TPSA) is 113 Å². The highest BCUT2D eigenvalue weighted by Crippen LogP contribution is 2.48. The lowest BCUT2D eigenvalue weighted by molar-refractivity contribution is -0.163. The second-order valence-electron chi connectivity index (χ2n) is 7.54. The summed E-state index contributed by atoms with van der Waals surface area (Å²) in [5.74, 6) is -1.47. The van der Waals surface area contributed by atoms with Crippen molar-refractivity contribution in [1.29, 1.82) is 0 Å². The second-order valence-corrected chi connectivity index (χ2v) is 10.4. The highest BCUT2D eigenvalue weighted by Gasteiger charge is 2.72. The van der Waals surface area contributed by atoms with Gasteiger partial charge in [0.15, 0.2) is 31.9 Å². The molecule has 2 saturated heterocycles. The van der Waals surface area contributed by atoms with Crippen LogP contribution in [0.1, 0.15) is 30.6 Å². The number of benzene rings is 2. The van der Waals surface area contributed by atoms with Gasteiger partial charge < -0.3 is 14.8 Å². The number of nitrogens with zero attached hydrogens (tertiary/aromatic N) is 2. The van der Waals surface area contributed by atoms with Crippen molar-refractivity contribution in [2.45, 2.75) is 35.6 Å². The number of hydrogen-bond donors (Lipinski definition) is 1. The van der Waals surface area contributed by atoms with Crippen LogP contribution in [-0.2, 0) is 24.2 Å². The van der Waals surface area contributed by atoms with Crippen molar-refractivity contribution in [3.63, 3.8) is 0 Å². The SMILES string of the molecule is CC1(/C(Cl)=N/O)C(C(=O)OC(c2ccccc2)c2ccccc2)N2C(=O)CC2S1(=O)=O. The molecule has 0 bridgehead atoms. The molecular weight excluding hydrogens is 444 g/mol. The van der Waals surface area contributed by atoms with Crippen LogP contribution in [0.25, 0.3) is 0 Å². The molecule has 1 amide bonds. The minimum absolute atomic E-state index is 0.266. The van der Waals surface area contributed by atoms with Gasteiger partial charge in [0.25, 0.3) is 0 Å². The van der Waals surface area contributed by atoms with Gasteiger partial charge in [-0.15, -0.1) is 0 Å². The first-order valence-electron chi connectivity index (χ1n) is 9.46. The number of amides is 1. The Hall–Kier alpha value is -2.91. The van der Waals surface area contributed by atoms with Crippen LogP contribution in [0, 0.1) is 0 Å². The predicted molar refractivity (Wildman–Crippen MR) is 112 cm³/mol. The molecule has 1 N–H and O–H groups in total. The van der Waals surface area contributed by atoms with E-state index < -0.39 is 49.2 Å². The fourth-order valence-electron chi connectivity index (χ4n) is 4.11. The van der Waals surface area contributed by atoms with Gasteiger partial charge in [0, 0.05) is 0 Å². The first-order chi connectivity index (χ1) is 14.7. The molecule has 3 atom stereocenters. The third-order valence-electron chi connectivity index (χ3n) is 5.86. The Bertz CT molecular complexity index is 1120. The van der Waals surface area contributed by atoms with Crippen molar-refractivity contribution >= 4 is 38.5 Å². The van der Waals surface area contributed by atoms with Crippen LogP contribution in [0.2, 0.25) is 0 Å². The van der Waals surface area contributed by atoms with Crippen LogP contribution < -0.4 is 0 Å². The van der Waals surface area contributed by atoms with Crippen molar-refractivity contribution in [2.75, 3.05) is 0 Å². The molecule has 3 unspecified atom stereocenters. The molecular formula is C21H19ClN2O6S. The summed E-state index contributed by atoms with van der Waals surface area (Å²) >= 11 is 5.99. The molecule has 2 fully saturated rings. The van der Waals surface area contributed by atoms with Gasteiger partial charge in [-0.2, -0.15) is 0 Å². The zero-order valence-electron chi connectivity index (χ0n) is 16.4. The van der Waals surface area contributed by atoms with Gasteiger partial charge in [0.1, 0.15) is 5.37 Å².